The van der Waals surface area contributed by atoms with Crippen molar-refractivity contribution in [3.8, 4) is 115 Å². The molecule has 16 N–H and O–H groups in total. The van der Waals surface area contributed by atoms with Crippen LogP contribution in [0, 0.1) is 0 Å². The summed E-state index contributed by atoms with van der Waals surface area (Å²) in [4.78, 5) is 0. The Balaban J connectivity index is 0.000000671. The summed E-state index contributed by atoms with van der Waals surface area (Å²) in [5, 5.41) is 149. The maximum absolute atomic E-state index is 10.0. The van der Waals surface area contributed by atoms with Crippen molar-refractivity contribution in [3.63, 3.8) is 0 Å². The van der Waals surface area contributed by atoms with Crippen LogP contribution in [-0.2, 0) is 55.2 Å². The van der Waals surface area contributed by atoms with Gasteiger partial charge in [0, 0.05) is 28.3 Å². The van der Waals surface area contributed by atoms with Gasteiger partial charge in [-0.2, -0.15) is 0 Å². The molecule has 0 spiro atoms. The van der Waals surface area contributed by atoms with E-state index < -0.39 is 11.5 Å². The van der Waals surface area contributed by atoms with E-state index in [2.05, 4.69) is 124 Å². The van der Waals surface area contributed by atoms with Crippen molar-refractivity contribution >= 4 is 0 Å². The number of allylic oxidation sites excluding steroid dienone is 2. The number of phenolic OH excluding ortho intramolecular Hbond substituents is 16. The summed E-state index contributed by atoms with van der Waals surface area (Å²) >= 11 is 0. The van der Waals surface area contributed by atoms with Crippen LogP contribution in [0.15, 0.2) is 157 Å². The molecule has 0 heterocycles. The Morgan fingerprint density at radius 3 is 0.933 bits per heavy atom. The van der Waals surface area contributed by atoms with Crippen LogP contribution in [0.25, 0.3) is 0 Å². The van der Waals surface area contributed by atoms with Gasteiger partial charge >= 0.3 is 0 Å². The Labute approximate surface area is 709 Å². The minimum absolute atomic E-state index is 0.00122. The van der Waals surface area contributed by atoms with Crippen LogP contribution < -0.4 is 18.9 Å². The van der Waals surface area contributed by atoms with E-state index in [4.69, 9.17) is 39.4 Å². The van der Waals surface area contributed by atoms with Gasteiger partial charge in [0.25, 0.3) is 0 Å². The van der Waals surface area contributed by atoms with Crippen LogP contribution in [0.2, 0.25) is 0 Å². The van der Waals surface area contributed by atoms with Crippen LogP contribution in [0.4, 0.5) is 0 Å². The molecular weight excluding hydrogens is 1510 g/mol. The molecule has 0 aromatic heterocycles. The number of benzene rings is 9. The first kappa shape index (κ1) is 106. The molecule has 0 aliphatic heterocycles. The highest BCUT2D eigenvalue weighted by Crippen LogP contribution is 2.46. The second-order valence-electron chi connectivity index (χ2n) is 38.3. The zero-order chi connectivity index (χ0) is 92.6. The van der Waals surface area contributed by atoms with Gasteiger partial charge in [0.15, 0.2) is 74.7 Å². The van der Waals surface area contributed by atoms with E-state index in [0.29, 0.717) is 40.7 Å². The van der Waals surface area contributed by atoms with E-state index in [-0.39, 0.29) is 118 Å². The average Bonchev–Trinajstić information content (AvgIpc) is 0.743. The fraction of sp³-hybridized carbons (Fsp3) is 0.434. The van der Waals surface area contributed by atoms with E-state index in [1.54, 1.807) is 88.1 Å². The number of phenols is 16. The molecule has 0 amide bonds. The van der Waals surface area contributed by atoms with Crippen LogP contribution in [0.1, 0.15) is 256 Å². The maximum Gasteiger partial charge on any atom is 0.200 e. The minimum atomic E-state index is -0.465. The van der Waals surface area contributed by atoms with E-state index in [9.17, 15) is 61.3 Å². The Kier molecular flexibility index (Phi) is 38.6. The average molecular weight is 1650 g/mol. The third-order valence-corrected chi connectivity index (χ3v) is 18.4. The summed E-state index contributed by atoms with van der Waals surface area (Å²) < 4.78 is 20.6. The molecule has 9 aromatic rings. The lowest BCUT2D eigenvalue weighted by atomic mass is 9.84. The molecule has 0 atom stereocenters. The monoisotopic (exact) mass is 1650 g/mol. The molecule has 20 nitrogen and oxygen atoms in total. The highest BCUT2D eigenvalue weighted by atomic mass is 16.5. The Morgan fingerprint density at radius 1 is 0.235 bits per heavy atom. The van der Waals surface area contributed by atoms with Gasteiger partial charge in [-0.1, -0.05) is 247 Å². The topological polar surface area (TPSA) is 361 Å². The summed E-state index contributed by atoms with van der Waals surface area (Å²) in [7, 11) is 6.24. The second-order valence-corrected chi connectivity index (χ2v) is 38.3. The summed E-state index contributed by atoms with van der Waals surface area (Å²) in [6.45, 7) is 59.6. The number of ether oxygens (including phenoxy) is 4. The van der Waals surface area contributed by atoms with Gasteiger partial charge in [-0.25, -0.2) is 0 Å². The van der Waals surface area contributed by atoms with Crippen molar-refractivity contribution in [2.45, 2.75) is 256 Å². The van der Waals surface area contributed by atoms with Crippen molar-refractivity contribution in [1.29, 1.82) is 0 Å². The number of methoxy groups -OCH3 is 4. The zero-order valence-electron chi connectivity index (χ0n) is 76.9. The third kappa shape index (κ3) is 34.7. The largest absolute Gasteiger partial charge is 0.508 e. The van der Waals surface area contributed by atoms with Gasteiger partial charge in [0.2, 0.25) is 11.5 Å². The second kappa shape index (κ2) is 43.4. The van der Waals surface area contributed by atoms with Crippen LogP contribution >= 0.6 is 0 Å². The van der Waals surface area contributed by atoms with Crippen LogP contribution in [0.3, 0.4) is 0 Å². The van der Waals surface area contributed by atoms with E-state index in [0.717, 1.165) is 50.3 Å². The number of hydrogen-bond donors (Lipinski definition) is 16. The molecule has 0 saturated heterocycles. The normalized spacial score (nSPS) is 11.5. The predicted octanol–water partition coefficient (Wildman–Crippen LogP) is 23.7. The smallest absolute Gasteiger partial charge is 0.200 e. The van der Waals surface area contributed by atoms with Crippen molar-refractivity contribution in [1.82, 2.24) is 0 Å². The first-order chi connectivity index (χ1) is 54.0. The van der Waals surface area contributed by atoms with Crippen LogP contribution in [0.5, 0.6) is 115 Å². The van der Waals surface area contributed by atoms with Gasteiger partial charge in [-0.3, -0.25) is 0 Å². The Morgan fingerprint density at radius 2 is 0.563 bits per heavy atom. The molecule has 119 heavy (non-hydrogen) atoms. The lowest BCUT2D eigenvalue weighted by Crippen LogP contribution is -2.13. The van der Waals surface area contributed by atoms with Crippen molar-refractivity contribution in [3.05, 3.63) is 213 Å². The first-order valence-corrected chi connectivity index (χ1v) is 39.2. The van der Waals surface area contributed by atoms with Crippen LogP contribution in [-0.4, -0.2) is 110 Å². The van der Waals surface area contributed by atoms with Gasteiger partial charge in [0.1, 0.15) is 28.7 Å². The molecule has 9 rings (SSSR count). The molecule has 9 aromatic carbocycles. The molecule has 0 aliphatic rings. The summed E-state index contributed by atoms with van der Waals surface area (Å²) in [6, 6.07) is 40.7. The molecular formula is C99H142O20. The molecule has 658 valence electrons. The number of rotatable bonds is 6. The van der Waals surface area contributed by atoms with Crippen molar-refractivity contribution in [2.24, 2.45) is 0 Å². The quantitative estimate of drug-likeness (QED) is 0.0543. The lowest BCUT2D eigenvalue weighted by Gasteiger charge is -2.24. The molecule has 0 unspecified atom stereocenters. The maximum atomic E-state index is 10.0. The highest BCUT2D eigenvalue weighted by molar-refractivity contribution is 5.58. The summed E-state index contributed by atoms with van der Waals surface area (Å²) in [5.74, 6) is 0.951. The first-order valence-electron chi connectivity index (χ1n) is 39.2. The fourth-order valence-electron chi connectivity index (χ4n) is 10.8. The lowest BCUT2D eigenvalue weighted by molar-refractivity contribution is 0.341. The summed E-state index contributed by atoms with van der Waals surface area (Å²) in [5.41, 5.74) is 10.7. The number of aromatic hydroxyl groups is 16. The SMILES string of the molecule is CC(C)(C)c1cc(O)c(O)c(O)c1.CC(C)(C)c1cc(O)cc(O)c1.CC(C)(C)c1ccc(O)c(O)c1.CC(C)(C)c1ccc(O)c(O)c1O.CC(C)(C)c1ccc(O)cc1.COc1c(C(C)(C)C)ccc(O)c1CC=C(C)C.COc1c(C(C)(C)C)ccc(O)c1O.COc1cc(C(C)(C)C)ccc1O.COc1ccc(C(C)(C)C)cc1O. The van der Waals surface area contributed by atoms with Gasteiger partial charge in [-0.05, 0) is 193 Å². The van der Waals surface area contributed by atoms with E-state index in [1.807, 2.05) is 126 Å². The highest BCUT2D eigenvalue weighted by Gasteiger charge is 2.27. The molecule has 0 saturated carbocycles. The van der Waals surface area contributed by atoms with Gasteiger partial charge < -0.3 is 101 Å². The van der Waals surface area contributed by atoms with Crippen molar-refractivity contribution in [2.75, 3.05) is 28.4 Å². The van der Waals surface area contributed by atoms with E-state index in [1.165, 1.54) is 54.6 Å². The van der Waals surface area contributed by atoms with Crippen molar-refractivity contribution < 1.29 is 101 Å². The van der Waals surface area contributed by atoms with E-state index >= 15 is 0 Å². The molecule has 0 fully saturated rings. The molecule has 0 bridgehead atoms. The summed E-state index contributed by atoms with van der Waals surface area (Å²) in [6.07, 6.45) is 2.80. The zero-order valence-corrected chi connectivity index (χ0v) is 76.9. The Bertz CT molecular complexity index is 4670. The standard InChI is InChI=1S/C16H24O2.C11H16O3.2C11H16O2.2C10H14O3.2C10H14O2.C10H14O/c1-11(2)7-8-12-14(17)10-9-13(15(12)18-6)16(3,4)5;1-11(2,3)7-5-6-8(12)9(13)10(7)14-4;1-11(2,3)8-5-6-10(13-4)9(12)7-8;1-11(2,3)8-5-6-9(12)10(7-8)13-4;1-10(2,3)6-4-7(11)9(13)8(12)5-6;1-10(2,3)6-4-5-7(11)9(13)8(6)12;1-10(2,3)7-4-8(11)6-9(12)5-7;1-10(2,3)7-4-5-8(11)9(12)6-7;1-10(2,3)8-4-6-9(11)7-5-8/h7,9-10,17H,8H2,1-6H3;5-6,12-13H,1-4H3;2*5-7,12H,1-4H3;2*4-5,11-13H,1-3H3;2*4-6,11-12H,1-3H3;4-7,11H,1-3H3. The number of hydrogen-bond acceptors (Lipinski definition) is 20. The molecule has 20 heteroatoms. The molecule has 0 radical (unpaired) electrons. The third-order valence-electron chi connectivity index (χ3n) is 18.4. The minimum Gasteiger partial charge on any atom is -0.508 e. The fourth-order valence-corrected chi connectivity index (χ4v) is 10.8. The van der Waals surface area contributed by atoms with Gasteiger partial charge in [0.05, 0.1) is 28.4 Å². The van der Waals surface area contributed by atoms with Gasteiger partial charge in [-0.15, -0.1) is 0 Å². The Hall–Kier alpha value is -11.3. The predicted molar refractivity (Wildman–Crippen MR) is 482 cm³/mol. The molecule has 0 aliphatic carbocycles.